The first-order valence-corrected chi connectivity index (χ1v) is 6.66. The van der Waals surface area contributed by atoms with Gasteiger partial charge in [-0.25, -0.2) is 4.39 Å². The van der Waals surface area contributed by atoms with E-state index >= 15 is 0 Å². The van der Waals surface area contributed by atoms with Crippen molar-refractivity contribution in [2.45, 2.75) is 6.92 Å². The SMILES string of the molecule is CSCCN(C)C(=O)c1cc(N)cc(C)c1F. The van der Waals surface area contributed by atoms with Gasteiger partial charge in [-0.2, -0.15) is 11.8 Å². The monoisotopic (exact) mass is 256 g/mol. The standard InChI is InChI=1S/C12H17FN2OS/c1-8-6-9(14)7-10(11(8)13)12(16)15(2)4-5-17-3/h6-7H,4-5,14H2,1-3H3. The number of halogens is 1. The molecule has 0 aliphatic carbocycles. The van der Waals surface area contributed by atoms with Crippen LogP contribution >= 0.6 is 11.8 Å². The molecule has 0 unspecified atom stereocenters. The minimum atomic E-state index is -0.486. The van der Waals surface area contributed by atoms with Crippen molar-refractivity contribution in [3.63, 3.8) is 0 Å². The topological polar surface area (TPSA) is 46.3 Å². The number of nitrogens with zero attached hydrogens (tertiary/aromatic N) is 1. The number of hydrogen-bond donors (Lipinski definition) is 1. The average molecular weight is 256 g/mol. The quantitative estimate of drug-likeness (QED) is 0.840. The molecule has 0 fully saturated rings. The van der Waals surface area contributed by atoms with Crippen LogP contribution in [0.15, 0.2) is 12.1 Å². The van der Waals surface area contributed by atoms with E-state index in [0.717, 1.165) is 5.75 Å². The Hall–Kier alpha value is -1.23. The van der Waals surface area contributed by atoms with Crippen LogP contribution in [0.1, 0.15) is 15.9 Å². The highest BCUT2D eigenvalue weighted by molar-refractivity contribution is 7.98. The molecule has 1 aromatic rings. The smallest absolute Gasteiger partial charge is 0.256 e. The van der Waals surface area contributed by atoms with Gasteiger partial charge in [0.1, 0.15) is 5.82 Å². The Morgan fingerprint density at radius 3 is 2.76 bits per heavy atom. The molecule has 0 aliphatic heterocycles. The number of carbonyl (C=O) groups is 1. The molecule has 17 heavy (non-hydrogen) atoms. The number of hydrogen-bond acceptors (Lipinski definition) is 3. The molecule has 1 aromatic carbocycles. The highest BCUT2D eigenvalue weighted by Gasteiger charge is 2.17. The van der Waals surface area contributed by atoms with E-state index < -0.39 is 5.82 Å². The Morgan fingerprint density at radius 1 is 1.53 bits per heavy atom. The molecule has 5 heteroatoms. The van der Waals surface area contributed by atoms with Crippen LogP contribution in [-0.4, -0.2) is 36.4 Å². The van der Waals surface area contributed by atoms with Crippen molar-refractivity contribution >= 4 is 23.4 Å². The molecule has 1 amide bonds. The summed E-state index contributed by atoms with van der Waals surface area (Å²) >= 11 is 1.64. The van der Waals surface area contributed by atoms with Crippen LogP contribution in [0.25, 0.3) is 0 Å². The Labute approximate surface area is 105 Å². The number of benzene rings is 1. The number of thioether (sulfide) groups is 1. The number of anilines is 1. The lowest BCUT2D eigenvalue weighted by molar-refractivity contribution is 0.0799. The van der Waals surface area contributed by atoms with Crippen LogP contribution < -0.4 is 5.73 Å². The number of rotatable bonds is 4. The van der Waals surface area contributed by atoms with E-state index in [1.807, 2.05) is 6.26 Å². The molecule has 0 saturated carbocycles. The predicted octanol–water partition coefficient (Wildman–Crippen LogP) is 2.15. The molecule has 94 valence electrons. The second kappa shape index (κ2) is 5.91. The van der Waals surface area contributed by atoms with Crippen molar-refractivity contribution in [1.29, 1.82) is 0 Å². The average Bonchev–Trinajstić information content (AvgIpc) is 2.29. The van der Waals surface area contributed by atoms with Crippen molar-refractivity contribution in [3.05, 3.63) is 29.1 Å². The summed E-state index contributed by atoms with van der Waals surface area (Å²) in [5.74, 6) is 0.0117. The summed E-state index contributed by atoms with van der Waals surface area (Å²) in [6, 6.07) is 2.91. The molecular weight excluding hydrogens is 239 g/mol. The molecule has 0 aromatic heterocycles. The van der Waals surface area contributed by atoms with Gasteiger partial charge in [-0.05, 0) is 30.9 Å². The molecular formula is C12H17FN2OS. The van der Waals surface area contributed by atoms with Crippen molar-refractivity contribution in [2.75, 3.05) is 31.3 Å². The van der Waals surface area contributed by atoms with E-state index in [9.17, 15) is 9.18 Å². The lowest BCUT2D eigenvalue weighted by Crippen LogP contribution is -2.29. The first-order chi connectivity index (χ1) is 7.97. The van der Waals surface area contributed by atoms with Gasteiger partial charge < -0.3 is 10.6 Å². The molecule has 0 bridgehead atoms. The zero-order valence-electron chi connectivity index (χ0n) is 10.3. The Morgan fingerprint density at radius 2 is 2.18 bits per heavy atom. The first kappa shape index (κ1) is 13.8. The fourth-order valence-electron chi connectivity index (χ4n) is 1.49. The molecule has 0 spiro atoms. The van der Waals surface area contributed by atoms with Gasteiger partial charge in [0.2, 0.25) is 0 Å². The fraction of sp³-hybridized carbons (Fsp3) is 0.417. The maximum Gasteiger partial charge on any atom is 0.256 e. The number of aryl methyl sites for hydroxylation is 1. The minimum Gasteiger partial charge on any atom is -0.399 e. The fourth-order valence-corrected chi connectivity index (χ4v) is 1.94. The molecule has 2 N–H and O–H groups in total. The van der Waals surface area contributed by atoms with Gasteiger partial charge in [0.15, 0.2) is 0 Å². The van der Waals surface area contributed by atoms with E-state index in [2.05, 4.69) is 0 Å². The Kier molecular flexibility index (Phi) is 4.81. The molecule has 0 atom stereocenters. The maximum atomic E-state index is 13.8. The van der Waals surface area contributed by atoms with E-state index in [4.69, 9.17) is 5.73 Å². The Bertz CT molecular complexity index is 423. The third-order valence-corrected chi connectivity index (χ3v) is 3.08. The van der Waals surface area contributed by atoms with E-state index in [0.29, 0.717) is 17.8 Å². The van der Waals surface area contributed by atoms with Gasteiger partial charge in [0.05, 0.1) is 5.56 Å². The largest absolute Gasteiger partial charge is 0.399 e. The van der Waals surface area contributed by atoms with Gasteiger partial charge in [-0.1, -0.05) is 0 Å². The van der Waals surface area contributed by atoms with Crippen LogP contribution in [-0.2, 0) is 0 Å². The summed E-state index contributed by atoms with van der Waals surface area (Å²) < 4.78 is 13.8. The van der Waals surface area contributed by atoms with Crippen LogP contribution in [0.5, 0.6) is 0 Å². The third kappa shape index (κ3) is 3.36. The van der Waals surface area contributed by atoms with E-state index in [1.165, 1.54) is 17.0 Å². The van der Waals surface area contributed by atoms with Crippen LogP contribution in [0.4, 0.5) is 10.1 Å². The third-order valence-electron chi connectivity index (χ3n) is 2.48. The molecule has 0 aliphatic rings. The number of carbonyl (C=O) groups excluding carboxylic acids is 1. The van der Waals surface area contributed by atoms with Crippen molar-refractivity contribution in [2.24, 2.45) is 0 Å². The summed E-state index contributed by atoms with van der Waals surface area (Å²) in [6.45, 7) is 2.19. The van der Waals surface area contributed by atoms with Gasteiger partial charge >= 0.3 is 0 Å². The zero-order valence-corrected chi connectivity index (χ0v) is 11.1. The lowest BCUT2D eigenvalue weighted by Gasteiger charge is -2.17. The van der Waals surface area contributed by atoms with Crippen LogP contribution in [0.2, 0.25) is 0 Å². The van der Waals surface area contributed by atoms with Crippen LogP contribution in [0, 0.1) is 12.7 Å². The van der Waals surface area contributed by atoms with Gasteiger partial charge in [0.25, 0.3) is 5.91 Å². The number of amides is 1. The summed E-state index contributed by atoms with van der Waals surface area (Å²) in [4.78, 5) is 13.5. The normalized spacial score (nSPS) is 10.4. The van der Waals surface area contributed by atoms with Gasteiger partial charge in [-0.15, -0.1) is 0 Å². The molecule has 0 heterocycles. The lowest BCUT2D eigenvalue weighted by atomic mass is 10.1. The van der Waals surface area contributed by atoms with Gasteiger partial charge in [0, 0.05) is 25.0 Å². The van der Waals surface area contributed by atoms with Crippen molar-refractivity contribution in [1.82, 2.24) is 4.90 Å². The number of nitrogen functional groups attached to an aromatic ring is 1. The van der Waals surface area contributed by atoms with E-state index in [1.54, 1.807) is 25.7 Å². The van der Waals surface area contributed by atoms with Crippen molar-refractivity contribution in [3.8, 4) is 0 Å². The molecule has 3 nitrogen and oxygen atoms in total. The Balaban J connectivity index is 2.96. The summed E-state index contributed by atoms with van der Waals surface area (Å²) in [7, 11) is 1.66. The van der Waals surface area contributed by atoms with Crippen molar-refractivity contribution < 1.29 is 9.18 Å². The molecule has 0 saturated heterocycles. The summed E-state index contributed by atoms with van der Waals surface area (Å²) in [6.07, 6.45) is 1.96. The van der Waals surface area contributed by atoms with Gasteiger partial charge in [-0.3, -0.25) is 4.79 Å². The predicted molar refractivity (Wildman–Crippen MR) is 70.9 cm³/mol. The minimum absolute atomic E-state index is 0.0473. The highest BCUT2D eigenvalue weighted by atomic mass is 32.2. The van der Waals surface area contributed by atoms with Crippen LogP contribution in [0.3, 0.4) is 0 Å². The zero-order chi connectivity index (χ0) is 13.0. The summed E-state index contributed by atoms with van der Waals surface area (Å²) in [5.41, 5.74) is 6.48. The second-order valence-electron chi connectivity index (χ2n) is 3.92. The highest BCUT2D eigenvalue weighted by Crippen LogP contribution is 2.18. The first-order valence-electron chi connectivity index (χ1n) is 5.27. The molecule has 0 radical (unpaired) electrons. The number of nitrogens with two attached hydrogens (primary N) is 1. The maximum absolute atomic E-state index is 13.8. The van der Waals surface area contributed by atoms with E-state index in [-0.39, 0.29) is 11.5 Å². The second-order valence-corrected chi connectivity index (χ2v) is 4.90. The summed E-state index contributed by atoms with van der Waals surface area (Å²) in [5, 5.41) is 0. The molecule has 1 rings (SSSR count).